The standard InChI is InChI=1S/C63H95ClO21/c1-33(19-42(67)18-17-35(3)64)20-53-55(72)57-39(7)58(79-53)59(73)63(75)31-51(70)37(5)52(85-63)16-14-12-13-15-44-22-43(68)27-61(81-44)29-47(76-11)23-45(82-61)25-50(69)38(6)56(78-41(9)66)36(4)34(2)21-49-28-60(10,74)32-62(84-49)30-48(77-40(8)65)24-46(83-62)26-54(71)80-57/h13,15,17-18,36-39,42-49,51-53,55-59,67-68,70,72-75H,1-3,12,14,16,19-32H2,4-11H3/t36-,37-,38-,39-,42-,43+,44+,45+,46+,47+,48+,49+,51+,52-,53-,55-,56+,57-,58-,59+,60+,61?,62-,63-/m1/s1. The van der Waals surface area contributed by atoms with Gasteiger partial charge in [0.15, 0.2) is 17.4 Å². The normalized spacial score (nSPS) is 44.1. The first kappa shape index (κ1) is 69.0. The van der Waals surface area contributed by atoms with Crippen molar-refractivity contribution in [3.05, 3.63) is 60.2 Å². The Balaban J connectivity index is 1.22. The highest BCUT2D eigenvalue weighted by Gasteiger charge is 2.58. The zero-order valence-corrected chi connectivity index (χ0v) is 51.5. The summed E-state index contributed by atoms with van der Waals surface area (Å²) in [6.45, 7) is 23.1. The van der Waals surface area contributed by atoms with Gasteiger partial charge < -0.3 is 83.1 Å². The lowest BCUT2D eigenvalue weighted by molar-refractivity contribution is -0.351. The van der Waals surface area contributed by atoms with Crippen molar-refractivity contribution >= 4 is 35.3 Å². The lowest BCUT2D eigenvalue weighted by Gasteiger charge is -2.52. The number of esters is 3. The van der Waals surface area contributed by atoms with Gasteiger partial charge in [-0.3, -0.25) is 19.2 Å². The maximum atomic E-state index is 14.5. The predicted molar refractivity (Wildman–Crippen MR) is 308 cm³/mol. The summed E-state index contributed by atoms with van der Waals surface area (Å²) < 4.78 is 63.4. The van der Waals surface area contributed by atoms with Crippen molar-refractivity contribution in [3.63, 3.8) is 0 Å². The fraction of sp³-hybridized carbons (Fsp3) is 0.778. The van der Waals surface area contributed by atoms with Gasteiger partial charge >= 0.3 is 17.9 Å². The van der Waals surface area contributed by atoms with Crippen molar-refractivity contribution in [2.75, 3.05) is 7.11 Å². The van der Waals surface area contributed by atoms with Gasteiger partial charge in [0.05, 0.1) is 85.1 Å². The van der Waals surface area contributed by atoms with E-state index in [4.69, 9.17) is 59.0 Å². The van der Waals surface area contributed by atoms with Gasteiger partial charge in [0, 0.05) is 108 Å². The maximum Gasteiger partial charge on any atom is 0.308 e. The predicted octanol–water partition coefficient (Wildman–Crippen LogP) is 5.91. The van der Waals surface area contributed by atoms with E-state index in [0.29, 0.717) is 43.3 Å². The molecule has 21 nitrogen and oxygen atoms in total. The number of aliphatic hydroxyl groups excluding tert-OH is 5. The Kier molecular flexibility index (Phi) is 23.5. The van der Waals surface area contributed by atoms with Gasteiger partial charge in [-0.25, -0.2) is 0 Å². The Morgan fingerprint density at radius 1 is 0.812 bits per heavy atom. The summed E-state index contributed by atoms with van der Waals surface area (Å²) in [7, 11) is 1.57. The van der Waals surface area contributed by atoms with Crippen LogP contribution < -0.4 is 0 Å². The molecule has 2 spiro atoms. The monoisotopic (exact) mass is 1220 g/mol. The van der Waals surface area contributed by atoms with Gasteiger partial charge in [-0.2, -0.15) is 0 Å². The van der Waals surface area contributed by atoms with E-state index in [2.05, 4.69) is 19.7 Å². The molecule has 0 aromatic rings. The topological polar surface area (TPSA) is 302 Å². The number of halogens is 1. The van der Waals surface area contributed by atoms with Crippen molar-refractivity contribution in [1.82, 2.24) is 0 Å². The molecule has 7 aliphatic rings. The Morgan fingerprint density at radius 2 is 1.47 bits per heavy atom. The highest BCUT2D eigenvalue weighted by molar-refractivity contribution is 6.30. The molecule has 24 atom stereocenters. The Bertz CT molecular complexity index is 2430. The molecule has 0 aromatic carbocycles. The Hall–Kier alpha value is -3.49. The summed E-state index contributed by atoms with van der Waals surface area (Å²) >= 11 is 5.89. The van der Waals surface area contributed by atoms with Crippen LogP contribution in [0.4, 0.5) is 0 Å². The van der Waals surface area contributed by atoms with Crippen LogP contribution in [0.15, 0.2) is 60.2 Å². The van der Waals surface area contributed by atoms with Gasteiger partial charge in [-0.15, -0.1) is 0 Å². The minimum absolute atomic E-state index is 0.00321. The van der Waals surface area contributed by atoms with Crippen LogP contribution in [0.5, 0.6) is 0 Å². The quantitative estimate of drug-likeness (QED) is 0.0611. The first-order valence-electron chi connectivity index (χ1n) is 30.3. The molecular weight excluding hydrogens is 1130 g/mol. The van der Waals surface area contributed by atoms with Crippen molar-refractivity contribution in [2.24, 2.45) is 23.7 Å². The van der Waals surface area contributed by atoms with E-state index in [0.717, 1.165) is 0 Å². The second-order valence-corrected chi connectivity index (χ2v) is 26.4. The van der Waals surface area contributed by atoms with Crippen molar-refractivity contribution < 1.29 is 102 Å². The van der Waals surface area contributed by atoms with Crippen molar-refractivity contribution in [2.45, 2.75) is 278 Å². The van der Waals surface area contributed by atoms with E-state index < -0.39 is 169 Å². The summed E-state index contributed by atoms with van der Waals surface area (Å²) in [6, 6.07) is 0. The molecule has 6 fully saturated rings. The van der Waals surface area contributed by atoms with E-state index in [9.17, 15) is 54.9 Å². The molecule has 0 aromatic heterocycles. The summed E-state index contributed by atoms with van der Waals surface area (Å²) in [6.07, 6.45) is -8.69. The molecule has 0 aliphatic carbocycles. The molecule has 7 rings (SSSR count). The smallest absolute Gasteiger partial charge is 0.308 e. The molecule has 22 heteroatoms. The molecule has 6 saturated heterocycles. The third-order valence-corrected chi connectivity index (χ3v) is 18.4. The van der Waals surface area contributed by atoms with E-state index >= 15 is 0 Å². The molecule has 0 amide bonds. The van der Waals surface area contributed by atoms with Crippen LogP contribution in [0.3, 0.4) is 0 Å². The first-order chi connectivity index (χ1) is 39.8. The van der Waals surface area contributed by atoms with Gasteiger partial charge in [-0.05, 0) is 51.5 Å². The van der Waals surface area contributed by atoms with E-state index in [1.165, 1.54) is 26.0 Å². The van der Waals surface area contributed by atoms with E-state index in [1.54, 1.807) is 41.7 Å². The van der Waals surface area contributed by atoms with Gasteiger partial charge in [-0.1, -0.05) is 88.4 Å². The molecule has 0 saturated carbocycles. The molecule has 7 heterocycles. The highest BCUT2D eigenvalue weighted by atomic mass is 35.5. The lowest BCUT2D eigenvalue weighted by atomic mass is 9.78. The first-order valence-corrected chi connectivity index (χ1v) is 30.7. The molecule has 7 aliphatic heterocycles. The number of ketones is 1. The number of methoxy groups -OCH3 is 1. The molecule has 7 N–H and O–H groups in total. The zero-order chi connectivity index (χ0) is 62.5. The summed E-state index contributed by atoms with van der Waals surface area (Å²) in [5.74, 6) is -10.7. The van der Waals surface area contributed by atoms with Crippen LogP contribution in [0.2, 0.25) is 0 Å². The fourth-order valence-electron chi connectivity index (χ4n) is 14.1. The number of ether oxygens (including phenoxy) is 10. The SMILES string of the molecule is C=C(Cl)C=C[C@@H](O)CC(=C)C[C@H]1O[C@@H]2[C@H](C)[C@@H](OC(=O)C[C@@H]3C[C@H](OC(C)=O)C[C@@]4(C[C@@](C)(O)C[C@H](CC(=C)[C@@H](C)[C@H](OC(C)=O)[C@H](C)C(=O)C[C@@H]5C[C@H](OC)CC6(C[C@@H](O)C[C@H](C=CCCC[C@H]7O[C@](O)(C[C@H](O)[C@H]7C)[C@H]2O)O6)O5)O4)O3)[C@@H]1O. The minimum Gasteiger partial charge on any atom is -0.462 e. The second-order valence-electron chi connectivity index (χ2n) is 25.9. The van der Waals surface area contributed by atoms with Crippen LogP contribution in [-0.4, -0.2) is 187 Å². The van der Waals surface area contributed by atoms with Crippen LogP contribution >= 0.6 is 11.6 Å². The van der Waals surface area contributed by atoms with Crippen LogP contribution in [0.25, 0.3) is 0 Å². The van der Waals surface area contributed by atoms with E-state index in [-0.39, 0.29) is 81.1 Å². The fourth-order valence-corrected chi connectivity index (χ4v) is 14.2. The number of hydrogen-bond donors (Lipinski definition) is 7. The third-order valence-electron chi connectivity index (χ3n) is 18.3. The lowest BCUT2D eigenvalue weighted by Crippen LogP contribution is -2.65. The third kappa shape index (κ3) is 18.1. The van der Waals surface area contributed by atoms with Crippen LogP contribution in [0.1, 0.15) is 158 Å². The maximum absolute atomic E-state index is 14.5. The highest BCUT2D eigenvalue weighted by Crippen LogP contribution is 2.48. The number of aliphatic hydroxyl groups is 7. The summed E-state index contributed by atoms with van der Waals surface area (Å²) in [5, 5.41) is 82.6. The van der Waals surface area contributed by atoms with Gasteiger partial charge in [0.1, 0.15) is 36.3 Å². The minimum atomic E-state index is -2.40. The average molecular weight is 1220 g/mol. The molecular formula is C63H95ClO21. The van der Waals surface area contributed by atoms with E-state index in [1.807, 2.05) is 12.2 Å². The summed E-state index contributed by atoms with van der Waals surface area (Å²) in [4.78, 5) is 54.3. The molecule has 10 bridgehead atoms. The van der Waals surface area contributed by atoms with Gasteiger partial charge in [0.2, 0.25) is 0 Å². The van der Waals surface area contributed by atoms with Crippen LogP contribution in [-0.2, 0) is 66.5 Å². The molecule has 1 unspecified atom stereocenters. The van der Waals surface area contributed by atoms with Crippen molar-refractivity contribution in [3.8, 4) is 0 Å². The average Bonchev–Trinajstić information content (AvgIpc) is 1.35. The van der Waals surface area contributed by atoms with Gasteiger partial charge in [0.25, 0.3) is 0 Å². The zero-order valence-electron chi connectivity index (χ0n) is 50.7. The molecule has 85 heavy (non-hydrogen) atoms. The number of allylic oxidation sites excluding steroid dienone is 3. The second kappa shape index (κ2) is 29.0. The Labute approximate surface area is 505 Å². The molecule has 480 valence electrons. The Morgan fingerprint density at radius 3 is 2.15 bits per heavy atom. The number of carbonyl (C=O) groups excluding carboxylic acids is 4. The van der Waals surface area contributed by atoms with Crippen LogP contribution in [0, 0.1) is 23.7 Å². The number of Topliss-reactive ketones (excluding diaryl/α,β-unsaturated/α-hetero) is 1. The summed E-state index contributed by atoms with van der Waals surface area (Å²) in [5.41, 5.74) is -0.508. The van der Waals surface area contributed by atoms with Crippen molar-refractivity contribution in [1.29, 1.82) is 0 Å². The molecule has 0 radical (unpaired) electrons. The largest absolute Gasteiger partial charge is 0.462 e. The number of hydrogen-bond acceptors (Lipinski definition) is 21. The number of carbonyl (C=O) groups is 4. The number of fused-ring (bicyclic) bond motifs is 8. The number of rotatable bonds is 9.